The lowest BCUT2D eigenvalue weighted by Crippen LogP contribution is -2.32. The second-order valence-corrected chi connectivity index (χ2v) is 8.58. The Labute approximate surface area is 177 Å². The molecule has 0 aromatic heterocycles. The largest absolute Gasteiger partial charge is 0.494 e. The van der Waals surface area contributed by atoms with Crippen molar-refractivity contribution < 1.29 is 9.53 Å². The van der Waals surface area contributed by atoms with E-state index in [-0.39, 0.29) is 5.91 Å². The van der Waals surface area contributed by atoms with Gasteiger partial charge in [0.05, 0.1) is 17.2 Å². The lowest BCUT2D eigenvalue weighted by molar-refractivity contribution is -0.122. The van der Waals surface area contributed by atoms with Gasteiger partial charge in [0, 0.05) is 6.54 Å². The molecule has 1 fully saturated rings. The predicted octanol–water partition coefficient (Wildman–Crippen LogP) is 6.04. The third-order valence-electron chi connectivity index (χ3n) is 4.35. The van der Waals surface area contributed by atoms with Crippen LogP contribution in [0.25, 0.3) is 6.08 Å². The molecule has 1 heterocycles. The molecule has 0 saturated carbocycles. The van der Waals surface area contributed by atoms with E-state index >= 15 is 0 Å². The van der Waals surface area contributed by atoms with E-state index in [9.17, 15) is 4.79 Å². The number of amides is 1. The second-order valence-electron chi connectivity index (χ2n) is 7.57. The van der Waals surface area contributed by atoms with Gasteiger partial charge in [0.1, 0.15) is 5.75 Å². The Kier molecular flexibility index (Phi) is 7.15. The van der Waals surface area contributed by atoms with Gasteiger partial charge in [-0.25, -0.2) is 4.99 Å². The van der Waals surface area contributed by atoms with Gasteiger partial charge in [-0.05, 0) is 66.9 Å². The van der Waals surface area contributed by atoms with E-state index in [1.54, 1.807) is 4.90 Å². The number of carbonyl (C=O) groups excluding carboxylic acids is 1. The van der Waals surface area contributed by atoms with Crippen LogP contribution in [0.4, 0.5) is 5.69 Å². The third-order valence-corrected chi connectivity index (χ3v) is 5.35. The van der Waals surface area contributed by atoms with E-state index in [2.05, 4.69) is 27.7 Å². The summed E-state index contributed by atoms with van der Waals surface area (Å²) in [6, 6.07) is 15.9. The van der Waals surface area contributed by atoms with Crippen LogP contribution < -0.4 is 4.74 Å². The zero-order valence-electron chi connectivity index (χ0n) is 17.5. The summed E-state index contributed by atoms with van der Waals surface area (Å²) in [5.74, 6) is 1.22. The SMILES string of the molecule is CCCOc1ccc(/C=C2/SC(=Nc3ccc(C)cc3)N(CC(C)C)C2=O)cc1. The maximum atomic E-state index is 13.0. The number of amidine groups is 1. The molecule has 29 heavy (non-hydrogen) atoms. The van der Waals surface area contributed by atoms with Crippen molar-refractivity contribution >= 4 is 34.6 Å². The normalized spacial score (nSPS) is 17.0. The molecule has 3 rings (SSSR count). The van der Waals surface area contributed by atoms with E-state index < -0.39 is 0 Å². The molecule has 1 aliphatic rings. The fourth-order valence-electron chi connectivity index (χ4n) is 2.88. The minimum absolute atomic E-state index is 0.0147. The first kappa shape index (κ1) is 21.2. The summed E-state index contributed by atoms with van der Waals surface area (Å²) < 4.78 is 5.63. The number of hydrogen-bond donors (Lipinski definition) is 0. The van der Waals surface area contributed by atoms with Gasteiger partial charge in [0.2, 0.25) is 0 Å². The zero-order valence-corrected chi connectivity index (χ0v) is 18.3. The molecule has 0 unspecified atom stereocenters. The van der Waals surface area contributed by atoms with Gasteiger partial charge in [-0.3, -0.25) is 9.69 Å². The van der Waals surface area contributed by atoms with Gasteiger partial charge in [-0.2, -0.15) is 0 Å². The van der Waals surface area contributed by atoms with Gasteiger partial charge >= 0.3 is 0 Å². The standard InChI is InChI=1S/C24H28N2O2S/c1-5-14-28-21-12-8-19(9-13-21)15-22-23(27)26(16-17(2)3)24(29-22)25-20-10-6-18(4)7-11-20/h6-13,15,17H,5,14,16H2,1-4H3/b22-15+,25-24?. The fraction of sp³-hybridized carbons (Fsp3) is 0.333. The van der Waals surface area contributed by atoms with Crippen molar-refractivity contribution in [3.05, 3.63) is 64.6 Å². The van der Waals surface area contributed by atoms with Crippen LogP contribution in [-0.2, 0) is 4.79 Å². The monoisotopic (exact) mass is 408 g/mol. The number of ether oxygens (including phenoxy) is 1. The molecule has 0 atom stereocenters. The number of nitrogens with zero attached hydrogens (tertiary/aromatic N) is 2. The minimum atomic E-state index is 0.0147. The average molecular weight is 409 g/mol. The first-order valence-electron chi connectivity index (χ1n) is 10.1. The van der Waals surface area contributed by atoms with Crippen LogP contribution in [-0.4, -0.2) is 29.1 Å². The summed E-state index contributed by atoms with van der Waals surface area (Å²) in [5.41, 5.74) is 3.03. The summed E-state index contributed by atoms with van der Waals surface area (Å²) in [6.45, 7) is 9.71. The molecule has 0 bridgehead atoms. The predicted molar refractivity (Wildman–Crippen MR) is 123 cm³/mol. The highest BCUT2D eigenvalue weighted by Gasteiger charge is 2.33. The van der Waals surface area contributed by atoms with Crippen molar-refractivity contribution in [3.63, 3.8) is 0 Å². The topological polar surface area (TPSA) is 41.9 Å². The molecule has 2 aromatic rings. The van der Waals surface area contributed by atoms with E-state index in [0.29, 0.717) is 24.0 Å². The maximum absolute atomic E-state index is 13.0. The van der Waals surface area contributed by atoms with Crippen molar-refractivity contribution in [2.24, 2.45) is 10.9 Å². The van der Waals surface area contributed by atoms with E-state index in [1.165, 1.54) is 17.3 Å². The molecule has 152 valence electrons. The molecule has 2 aromatic carbocycles. The summed E-state index contributed by atoms with van der Waals surface area (Å²) in [6.07, 6.45) is 2.91. The Hall–Kier alpha value is -2.53. The Morgan fingerprint density at radius 1 is 1.10 bits per heavy atom. The van der Waals surface area contributed by atoms with Crippen LogP contribution in [0.1, 0.15) is 38.3 Å². The second kappa shape index (κ2) is 9.79. The molecule has 0 radical (unpaired) electrons. The van der Waals surface area contributed by atoms with Gasteiger partial charge in [0.15, 0.2) is 5.17 Å². The van der Waals surface area contributed by atoms with Gasteiger partial charge < -0.3 is 4.74 Å². The number of thioether (sulfide) groups is 1. The molecule has 1 saturated heterocycles. The van der Waals surface area contributed by atoms with E-state index in [0.717, 1.165) is 28.6 Å². The van der Waals surface area contributed by atoms with Gasteiger partial charge in [-0.1, -0.05) is 50.6 Å². The zero-order chi connectivity index (χ0) is 20.8. The van der Waals surface area contributed by atoms with Crippen LogP contribution in [0, 0.1) is 12.8 Å². The molecule has 1 aliphatic heterocycles. The molecular weight excluding hydrogens is 380 g/mol. The first-order valence-corrected chi connectivity index (χ1v) is 10.9. The van der Waals surface area contributed by atoms with Crippen molar-refractivity contribution in [2.45, 2.75) is 34.1 Å². The number of hydrogen-bond acceptors (Lipinski definition) is 4. The maximum Gasteiger partial charge on any atom is 0.266 e. The average Bonchev–Trinajstić information content (AvgIpc) is 2.97. The molecule has 5 heteroatoms. The van der Waals surface area contributed by atoms with Gasteiger partial charge in [0.25, 0.3) is 5.91 Å². The molecule has 1 amide bonds. The molecule has 4 nitrogen and oxygen atoms in total. The summed E-state index contributed by atoms with van der Waals surface area (Å²) >= 11 is 1.44. The van der Waals surface area contributed by atoms with Crippen LogP contribution in [0.15, 0.2) is 58.4 Å². The number of benzene rings is 2. The number of aryl methyl sites for hydroxylation is 1. The van der Waals surface area contributed by atoms with Crippen LogP contribution >= 0.6 is 11.8 Å². The summed E-state index contributed by atoms with van der Waals surface area (Å²) in [7, 11) is 0. The molecular formula is C24H28N2O2S. The lowest BCUT2D eigenvalue weighted by atomic mass is 10.2. The van der Waals surface area contributed by atoms with Crippen LogP contribution in [0.5, 0.6) is 5.75 Å². The van der Waals surface area contributed by atoms with Crippen molar-refractivity contribution in [3.8, 4) is 5.75 Å². The highest BCUT2D eigenvalue weighted by atomic mass is 32.2. The molecule has 0 spiro atoms. The lowest BCUT2D eigenvalue weighted by Gasteiger charge is -2.17. The Morgan fingerprint density at radius 3 is 2.41 bits per heavy atom. The fourth-order valence-corrected chi connectivity index (χ4v) is 3.89. The number of carbonyl (C=O) groups is 1. The summed E-state index contributed by atoms with van der Waals surface area (Å²) in [5, 5.41) is 0.738. The third kappa shape index (κ3) is 5.73. The van der Waals surface area contributed by atoms with Crippen LogP contribution in [0.3, 0.4) is 0 Å². The van der Waals surface area contributed by atoms with Crippen molar-refractivity contribution in [1.82, 2.24) is 4.90 Å². The minimum Gasteiger partial charge on any atom is -0.494 e. The number of rotatable bonds is 7. The highest BCUT2D eigenvalue weighted by Crippen LogP contribution is 2.34. The smallest absolute Gasteiger partial charge is 0.266 e. The Morgan fingerprint density at radius 2 is 1.79 bits per heavy atom. The Balaban J connectivity index is 1.85. The quantitative estimate of drug-likeness (QED) is 0.524. The van der Waals surface area contributed by atoms with E-state index in [4.69, 9.17) is 9.73 Å². The van der Waals surface area contributed by atoms with Crippen molar-refractivity contribution in [1.29, 1.82) is 0 Å². The molecule has 0 N–H and O–H groups in total. The Bertz CT molecular complexity index is 899. The van der Waals surface area contributed by atoms with Gasteiger partial charge in [-0.15, -0.1) is 0 Å². The highest BCUT2D eigenvalue weighted by molar-refractivity contribution is 8.18. The first-order chi connectivity index (χ1) is 14.0. The number of aliphatic imine (C=N–C) groups is 1. The van der Waals surface area contributed by atoms with E-state index in [1.807, 2.05) is 54.6 Å². The van der Waals surface area contributed by atoms with Crippen molar-refractivity contribution in [2.75, 3.05) is 13.2 Å². The van der Waals surface area contributed by atoms with Crippen LogP contribution in [0.2, 0.25) is 0 Å². The molecule has 0 aliphatic carbocycles. The summed E-state index contributed by atoms with van der Waals surface area (Å²) in [4.78, 5) is 20.3.